The molecule has 0 radical (unpaired) electrons. The molecule has 1 aliphatic rings. The van der Waals surface area contributed by atoms with Crippen molar-refractivity contribution in [3.63, 3.8) is 0 Å². The van der Waals surface area contributed by atoms with E-state index in [1.165, 1.54) is 24.8 Å². The van der Waals surface area contributed by atoms with E-state index in [0.717, 1.165) is 0 Å². The lowest BCUT2D eigenvalue weighted by Gasteiger charge is -2.25. The van der Waals surface area contributed by atoms with Gasteiger partial charge in [0.1, 0.15) is 11.5 Å². The summed E-state index contributed by atoms with van der Waals surface area (Å²) in [6.07, 6.45) is 5.50. The van der Waals surface area contributed by atoms with E-state index in [1.54, 1.807) is 19.2 Å². The summed E-state index contributed by atoms with van der Waals surface area (Å²) in [6.45, 7) is 1.79. The lowest BCUT2D eigenvalue weighted by atomic mass is 9.80. The summed E-state index contributed by atoms with van der Waals surface area (Å²) in [5.41, 5.74) is 2.51. The van der Waals surface area contributed by atoms with Crippen molar-refractivity contribution in [2.24, 2.45) is 0 Å². The predicted molar refractivity (Wildman–Crippen MR) is 73.2 cm³/mol. The van der Waals surface area contributed by atoms with Gasteiger partial charge in [-0.15, -0.1) is 0 Å². The predicted octanol–water partition coefficient (Wildman–Crippen LogP) is 3.28. The molecule has 3 rings (SSSR count). The fourth-order valence-electron chi connectivity index (χ4n) is 2.38. The molecule has 0 bridgehead atoms. The zero-order valence-corrected chi connectivity index (χ0v) is 11.0. The van der Waals surface area contributed by atoms with Gasteiger partial charge in [0.25, 0.3) is 0 Å². The average Bonchev–Trinajstić information content (AvgIpc) is 2.37. The second-order valence-electron chi connectivity index (χ2n) is 5.07. The molecule has 3 heteroatoms. The minimum Gasteiger partial charge on any atom is -0.287 e. The summed E-state index contributed by atoms with van der Waals surface area (Å²) >= 11 is 0. The van der Waals surface area contributed by atoms with Crippen LogP contribution in [0.2, 0.25) is 0 Å². The lowest BCUT2D eigenvalue weighted by molar-refractivity contribution is 0.103. The Morgan fingerprint density at radius 1 is 1.16 bits per heavy atom. The van der Waals surface area contributed by atoms with Gasteiger partial charge in [0.15, 0.2) is 0 Å². The van der Waals surface area contributed by atoms with Gasteiger partial charge in [0.05, 0.1) is 0 Å². The molecule has 0 saturated heterocycles. The molecule has 1 heterocycles. The maximum atomic E-state index is 12.3. The standard InChI is InChI=1S/C16H16N2O/c1-11-17-10-9-15(18-11)16(19)14-7-5-13(6-8-14)12-3-2-4-12/h5-10,12H,2-4H2,1H3. The van der Waals surface area contributed by atoms with Crippen molar-refractivity contribution in [3.05, 3.63) is 59.2 Å². The van der Waals surface area contributed by atoms with Crippen LogP contribution < -0.4 is 0 Å². The van der Waals surface area contributed by atoms with Crippen LogP contribution in [0.25, 0.3) is 0 Å². The van der Waals surface area contributed by atoms with E-state index in [1.807, 2.05) is 12.1 Å². The number of carbonyl (C=O) groups is 1. The molecule has 1 aromatic heterocycles. The summed E-state index contributed by atoms with van der Waals surface area (Å²) in [5, 5.41) is 0. The normalized spacial score (nSPS) is 15.0. The number of aromatic nitrogens is 2. The summed E-state index contributed by atoms with van der Waals surface area (Å²) in [4.78, 5) is 20.5. The van der Waals surface area contributed by atoms with Crippen molar-refractivity contribution in [2.45, 2.75) is 32.1 Å². The quantitative estimate of drug-likeness (QED) is 0.787. The Morgan fingerprint density at radius 3 is 2.47 bits per heavy atom. The smallest absolute Gasteiger partial charge is 0.211 e. The van der Waals surface area contributed by atoms with Crippen molar-refractivity contribution >= 4 is 5.78 Å². The van der Waals surface area contributed by atoms with E-state index in [9.17, 15) is 4.79 Å². The van der Waals surface area contributed by atoms with E-state index in [4.69, 9.17) is 0 Å². The highest BCUT2D eigenvalue weighted by Crippen LogP contribution is 2.36. The van der Waals surface area contributed by atoms with Gasteiger partial charge in [-0.05, 0) is 37.3 Å². The minimum atomic E-state index is -0.0364. The number of hydrogen-bond acceptors (Lipinski definition) is 3. The summed E-state index contributed by atoms with van der Waals surface area (Å²) < 4.78 is 0. The fraction of sp³-hybridized carbons (Fsp3) is 0.312. The van der Waals surface area contributed by atoms with E-state index in [2.05, 4.69) is 22.1 Å². The molecule has 0 unspecified atom stereocenters. The average molecular weight is 252 g/mol. The van der Waals surface area contributed by atoms with Crippen LogP contribution in [0.3, 0.4) is 0 Å². The molecule has 19 heavy (non-hydrogen) atoms. The molecule has 1 fully saturated rings. The van der Waals surface area contributed by atoms with Crippen molar-refractivity contribution < 1.29 is 4.79 Å². The third-order valence-corrected chi connectivity index (χ3v) is 3.76. The highest BCUT2D eigenvalue weighted by molar-refractivity contribution is 6.07. The zero-order valence-electron chi connectivity index (χ0n) is 11.0. The number of nitrogens with zero attached hydrogens (tertiary/aromatic N) is 2. The van der Waals surface area contributed by atoms with Gasteiger partial charge >= 0.3 is 0 Å². The molecule has 1 aromatic carbocycles. The Balaban J connectivity index is 1.83. The first-order chi connectivity index (χ1) is 9.24. The topological polar surface area (TPSA) is 42.9 Å². The van der Waals surface area contributed by atoms with Gasteiger partial charge in [-0.3, -0.25) is 4.79 Å². The highest BCUT2D eigenvalue weighted by atomic mass is 16.1. The van der Waals surface area contributed by atoms with Crippen molar-refractivity contribution in [2.75, 3.05) is 0 Å². The second-order valence-corrected chi connectivity index (χ2v) is 5.07. The van der Waals surface area contributed by atoms with Gasteiger partial charge in [-0.25, -0.2) is 9.97 Å². The molecule has 0 amide bonds. The molecule has 0 N–H and O–H groups in total. The first kappa shape index (κ1) is 12.0. The maximum absolute atomic E-state index is 12.3. The monoisotopic (exact) mass is 252 g/mol. The van der Waals surface area contributed by atoms with Crippen molar-refractivity contribution in [1.29, 1.82) is 0 Å². The number of carbonyl (C=O) groups excluding carboxylic acids is 1. The number of ketones is 1. The Morgan fingerprint density at radius 2 is 1.89 bits per heavy atom. The Kier molecular flexibility index (Phi) is 3.11. The number of aryl methyl sites for hydroxylation is 1. The first-order valence-corrected chi connectivity index (χ1v) is 6.68. The third-order valence-electron chi connectivity index (χ3n) is 3.76. The summed E-state index contributed by atoms with van der Waals surface area (Å²) in [5.74, 6) is 1.29. The molecular weight excluding hydrogens is 236 g/mol. The van der Waals surface area contributed by atoms with Gasteiger partial charge in [-0.1, -0.05) is 30.7 Å². The molecule has 1 saturated carbocycles. The van der Waals surface area contributed by atoms with E-state index >= 15 is 0 Å². The van der Waals surface area contributed by atoms with Gasteiger partial charge in [-0.2, -0.15) is 0 Å². The summed E-state index contributed by atoms with van der Waals surface area (Å²) in [6, 6.07) is 9.63. The zero-order chi connectivity index (χ0) is 13.2. The van der Waals surface area contributed by atoms with Crippen LogP contribution >= 0.6 is 0 Å². The SMILES string of the molecule is Cc1nccc(C(=O)c2ccc(C3CCC3)cc2)n1. The van der Waals surface area contributed by atoms with Gasteiger partial charge in [0, 0.05) is 11.8 Å². The van der Waals surface area contributed by atoms with E-state index < -0.39 is 0 Å². The largest absolute Gasteiger partial charge is 0.287 e. The van der Waals surface area contributed by atoms with Crippen LogP contribution in [0, 0.1) is 6.92 Å². The molecule has 3 nitrogen and oxygen atoms in total. The van der Waals surface area contributed by atoms with Crippen LogP contribution in [-0.4, -0.2) is 15.8 Å². The van der Waals surface area contributed by atoms with Gasteiger partial charge in [0.2, 0.25) is 5.78 Å². The van der Waals surface area contributed by atoms with Crippen molar-refractivity contribution in [3.8, 4) is 0 Å². The lowest BCUT2D eigenvalue weighted by Crippen LogP contribution is -2.10. The molecule has 96 valence electrons. The minimum absolute atomic E-state index is 0.0364. The van der Waals surface area contributed by atoms with Crippen LogP contribution in [0.15, 0.2) is 36.5 Å². The molecule has 0 spiro atoms. The Bertz CT molecular complexity index is 600. The molecule has 1 aliphatic carbocycles. The van der Waals surface area contributed by atoms with Gasteiger partial charge < -0.3 is 0 Å². The fourth-order valence-corrected chi connectivity index (χ4v) is 2.38. The first-order valence-electron chi connectivity index (χ1n) is 6.68. The van der Waals surface area contributed by atoms with Crippen LogP contribution in [0.4, 0.5) is 0 Å². The molecule has 2 aromatic rings. The summed E-state index contributed by atoms with van der Waals surface area (Å²) in [7, 11) is 0. The third kappa shape index (κ3) is 2.41. The Hall–Kier alpha value is -2.03. The van der Waals surface area contributed by atoms with Crippen LogP contribution in [0.5, 0.6) is 0 Å². The van der Waals surface area contributed by atoms with Crippen molar-refractivity contribution in [1.82, 2.24) is 9.97 Å². The van der Waals surface area contributed by atoms with E-state index in [0.29, 0.717) is 23.0 Å². The van der Waals surface area contributed by atoms with Crippen LogP contribution in [0.1, 0.15) is 52.6 Å². The highest BCUT2D eigenvalue weighted by Gasteiger charge is 2.19. The number of hydrogen-bond donors (Lipinski definition) is 0. The molecular formula is C16H16N2O. The Labute approximate surface area is 112 Å². The molecule has 0 aliphatic heterocycles. The maximum Gasteiger partial charge on any atom is 0.211 e. The van der Waals surface area contributed by atoms with Crippen LogP contribution in [-0.2, 0) is 0 Å². The molecule has 0 atom stereocenters. The number of rotatable bonds is 3. The second kappa shape index (κ2) is 4.92. The van der Waals surface area contributed by atoms with E-state index in [-0.39, 0.29) is 5.78 Å². The number of benzene rings is 1.